The molecule has 3 aromatic rings. The van der Waals surface area contributed by atoms with E-state index in [0.29, 0.717) is 4.90 Å². The largest absolute Gasteiger partial charge is 0.387 e. The highest BCUT2D eigenvalue weighted by atomic mass is 32.2. The van der Waals surface area contributed by atoms with Gasteiger partial charge in [-0.05, 0) is 23.3 Å². The van der Waals surface area contributed by atoms with Crippen LogP contribution in [0.2, 0.25) is 0 Å². The Morgan fingerprint density at radius 1 is 0.760 bits per heavy atom. The highest BCUT2D eigenvalue weighted by molar-refractivity contribution is 7.85. The second kappa shape index (κ2) is 8.56. The Bertz CT molecular complexity index is 830. The van der Waals surface area contributed by atoms with Gasteiger partial charge in [-0.3, -0.25) is 4.21 Å². The lowest BCUT2D eigenvalue weighted by Gasteiger charge is -2.21. The molecule has 0 spiro atoms. The average molecular weight is 348 g/mol. The molecule has 0 saturated carbocycles. The van der Waals surface area contributed by atoms with Crippen molar-refractivity contribution in [1.29, 1.82) is 0 Å². The van der Waals surface area contributed by atoms with Gasteiger partial charge in [0.05, 0.1) is 22.2 Å². The third-order valence-electron chi connectivity index (χ3n) is 3.93. The van der Waals surface area contributed by atoms with Crippen LogP contribution in [0.1, 0.15) is 16.4 Å². The molecule has 3 atom stereocenters. The molecule has 3 aromatic carbocycles. The van der Waals surface area contributed by atoms with Crippen molar-refractivity contribution in [2.24, 2.45) is 0 Å². The Balaban J connectivity index is 1.91. The van der Waals surface area contributed by atoms with Gasteiger partial charge in [0.15, 0.2) is 0 Å². The van der Waals surface area contributed by atoms with Gasteiger partial charge < -0.3 is 5.11 Å². The van der Waals surface area contributed by atoms with Crippen molar-refractivity contribution in [1.82, 2.24) is 0 Å². The van der Waals surface area contributed by atoms with Crippen LogP contribution < -0.4 is 0 Å². The first-order valence-electron chi connectivity index (χ1n) is 8.17. The average Bonchev–Trinajstić information content (AvgIpc) is 2.69. The molecule has 0 radical (unpaired) electrons. The number of benzene rings is 3. The molecule has 0 aromatic heterocycles. The molecule has 3 rings (SSSR count). The summed E-state index contributed by atoms with van der Waals surface area (Å²) in [4.78, 5) is 0.712. The van der Waals surface area contributed by atoms with Crippen LogP contribution >= 0.6 is 0 Å². The monoisotopic (exact) mass is 348 g/mol. The minimum Gasteiger partial charge on any atom is -0.387 e. The maximum Gasteiger partial charge on any atom is 0.0939 e. The predicted octanol–water partition coefficient (Wildman–Crippen LogP) is 4.61. The van der Waals surface area contributed by atoms with Crippen LogP contribution in [0.25, 0.3) is 6.08 Å². The molecule has 0 fully saturated rings. The highest BCUT2D eigenvalue weighted by Crippen LogP contribution is 2.29. The van der Waals surface area contributed by atoms with Crippen molar-refractivity contribution in [3.8, 4) is 0 Å². The van der Waals surface area contributed by atoms with Crippen LogP contribution in [-0.2, 0) is 10.8 Å². The Morgan fingerprint density at radius 2 is 1.28 bits per heavy atom. The summed E-state index contributed by atoms with van der Waals surface area (Å²) in [6.07, 6.45) is 2.72. The number of aliphatic hydroxyl groups is 1. The zero-order valence-corrected chi connectivity index (χ0v) is 14.5. The lowest BCUT2D eigenvalue weighted by molar-refractivity contribution is 0.219. The van der Waals surface area contributed by atoms with Gasteiger partial charge in [0.1, 0.15) is 0 Å². The molecule has 126 valence electrons. The fourth-order valence-corrected chi connectivity index (χ4v) is 4.13. The van der Waals surface area contributed by atoms with Crippen molar-refractivity contribution >= 4 is 16.9 Å². The molecule has 1 N–H and O–H groups in total. The van der Waals surface area contributed by atoms with E-state index in [1.165, 1.54) is 0 Å². The normalized spacial score (nSPS) is 14.9. The van der Waals surface area contributed by atoms with Crippen molar-refractivity contribution in [2.75, 3.05) is 0 Å². The zero-order valence-electron chi connectivity index (χ0n) is 13.7. The molecule has 2 nitrogen and oxygen atoms in total. The fraction of sp³-hybridized carbons (Fsp3) is 0.0909. The van der Waals surface area contributed by atoms with Gasteiger partial charge in [0.25, 0.3) is 0 Å². The van der Waals surface area contributed by atoms with Gasteiger partial charge in [-0.1, -0.05) is 91.0 Å². The second-order valence-electron chi connectivity index (χ2n) is 5.70. The molecule has 0 saturated heterocycles. The Morgan fingerprint density at radius 3 is 1.88 bits per heavy atom. The minimum atomic E-state index is -1.36. The molecule has 0 aliphatic rings. The Kier molecular flexibility index (Phi) is 5.94. The first-order valence-corrected chi connectivity index (χ1v) is 9.39. The second-order valence-corrected chi connectivity index (χ2v) is 7.28. The highest BCUT2D eigenvalue weighted by Gasteiger charge is 2.26. The van der Waals surface area contributed by atoms with Crippen LogP contribution in [0.5, 0.6) is 0 Å². The van der Waals surface area contributed by atoms with Crippen LogP contribution in [0.4, 0.5) is 0 Å². The van der Waals surface area contributed by atoms with Crippen molar-refractivity contribution < 1.29 is 9.32 Å². The van der Waals surface area contributed by atoms with Crippen LogP contribution in [-0.4, -0.2) is 15.4 Å². The van der Waals surface area contributed by atoms with E-state index in [1.807, 2.05) is 97.1 Å². The Labute approximate surface area is 150 Å². The molecular formula is C22H20O2S. The van der Waals surface area contributed by atoms with E-state index in [9.17, 15) is 9.32 Å². The fourth-order valence-electron chi connectivity index (χ4n) is 2.67. The van der Waals surface area contributed by atoms with E-state index in [2.05, 4.69) is 0 Å². The van der Waals surface area contributed by atoms with Gasteiger partial charge in [-0.2, -0.15) is 0 Å². The lowest BCUT2D eigenvalue weighted by atomic mass is 10.1. The van der Waals surface area contributed by atoms with E-state index in [0.717, 1.165) is 11.1 Å². The summed E-state index contributed by atoms with van der Waals surface area (Å²) in [6, 6.07) is 28.6. The van der Waals surface area contributed by atoms with Crippen LogP contribution in [0, 0.1) is 0 Å². The molecule has 0 aliphatic heterocycles. The number of aliphatic hydroxyl groups excluding tert-OH is 1. The van der Waals surface area contributed by atoms with E-state index in [-0.39, 0.29) is 0 Å². The number of hydrogen-bond acceptors (Lipinski definition) is 2. The lowest BCUT2D eigenvalue weighted by Crippen LogP contribution is -2.21. The Hall–Kier alpha value is -2.49. The molecule has 0 amide bonds. The standard InChI is InChI=1S/C22H20O2S/c23-21(17-16-18-10-4-1-5-11-18)22(19-12-6-2-7-13-19)25(24)20-14-8-3-9-15-20/h1-17,21-23H/b17-16-. The summed E-state index contributed by atoms with van der Waals surface area (Å²) in [5, 5.41) is 10.3. The third-order valence-corrected chi connectivity index (χ3v) is 5.68. The summed E-state index contributed by atoms with van der Waals surface area (Å²) < 4.78 is 13.1. The first-order chi connectivity index (χ1) is 12.3. The molecule has 0 bridgehead atoms. The summed E-state index contributed by atoms with van der Waals surface area (Å²) in [6.45, 7) is 0. The van der Waals surface area contributed by atoms with E-state index >= 15 is 0 Å². The summed E-state index contributed by atoms with van der Waals surface area (Å²) in [5.74, 6) is 0. The molecule has 3 heteroatoms. The maximum absolute atomic E-state index is 13.1. The van der Waals surface area contributed by atoms with Crippen molar-refractivity contribution in [2.45, 2.75) is 16.2 Å². The van der Waals surface area contributed by atoms with E-state index < -0.39 is 22.2 Å². The topological polar surface area (TPSA) is 37.3 Å². The molecule has 25 heavy (non-hydrogen) atoms. The number of rotatable bonds is 6. The van der Waals surface area contributed by atoms with Crippen molar-refractivity contribution in [3.63, 3.8) is 0 Å². The smallest absolute Gasteiger partial charge is 0.0939 e. The molecule has 0 aliphatic carbocycles. The SMILES string of the molecule is O=S(c1ccccc1)C(c1ccccc1)C(O)/C=C\c1ccccc1. The van der Waals surface area contributed by atoms with Crippen LogP contribution in [0.3, 0.4) is 0 Å². The molecular weight excluding hydrogens is 328 g/mol. The van der Waals surface area contributed by atoms with Gasteiger partial charge >= 0.3 is 0 Å². The number of hydrogen-bond donors (Lipinski definition) is 1. The van der Waals surface area contributed by atoms with Gasteiger partial charge in [0, 0.05) is 4.90 Å². The predicted molar refractivity (Wildman–Crippen MR) is 104 cm³/mol. The zero-order chi connectivity index (χ0) is 17.5. The quantitative estimate of drug-likeness (QED) is 0.706. The van der Waals surface area contributed by atoms with E-state index in [4.69, 9.17) is 0 Å². The van der Waals surface area contributed by atoms with E-state index in [1.54, 1.807) is 6.08 Å². The van der Waals surface area contributed by atoms with Gasteiger partial charge in [0.2, 0.25) is 0 Å². The summed E-state index contributed by atoms with van der Waals surface area (Å²) >= 11 is 0. The molecule has 0 heterocycles. The minimum absolute atomic E-state index is 0.524. The van der Waals surface area contributed by atoms with Gasteiger partial charge in [-0.25, -0.2) is 0 Å². The maximum atomic E-state index is 13.1. The van der Waals surface area contributed by atoms with Crippen LogP contribution in [0.15, 0.2) is 102 Å². The molecule has 3 unspecified atom stereocenters. The van der Waals surface area contributed by atoms with Gasteiger partial charge in [-0.15, -0.1) is 0 Å². The summed E-state index contributed by atoms with van der Waals surface area (Å²) in [7, 11) is -1.36. The third kappa shape index (κ3) is 4.53. The first kappa shape index (κ1) is 17.3. The summed E-state index contributed by atoms with van der Waals surface area (Å²) in [5.41, 5.74) is 1.86. The van der Waals surface area contributed by atoms with Crippen molar-refractivity contribution in [3.05, 3.63) is 108 Å².